The fourth-order valence-corrected chi connectivity index (χ4v) is 6.08. The molecule has 2 fully saturated rings. The van der Waals surface area contributed by atoms with E-state index in [1.54, 1.807) is 43.6 Å². The molecule has 0 spiro atoms. The number of amides is 1. The number of hydrogen-bond donors (Lipinski definition) is 2. The maximum absolute atomic E-state index is 15.2. The molecule has 2 aliphatic carbocycles. The summed E-state index contributed by atoms with van der Waals surface area (Å²) in [4.78, 5) is 29.0. The third kappa shape index (κ3) is 6.69. The van der Waals surface area contributed by atoms with E-state index < -0.39 is 17.6 Å². The predicted molar refractivity (Wildman–Crippen MR) is 154 cm³/mol. The highest BCUT2D eigenvalue weighted by Crippen LogP contribution is 2.50. The predicted octanol–water partition coefficient (Wildman–Crippen LogP) is 7.00. The molecule has 41 heavy (non-hydrogen) atoms. The average molecular weight is 561 g/mol. The molecule has 1 unspecified atom stereocenters. The summed E-state index contributed by atoms with van der Waals surface area (Å²) in [6, 6.07) is 18.2. The molecule has 0 radical (unpaired) electrons. The minimum absolute atomic E-state index is 0.0409. The van der Waals surface area contributed by atoms with Gasteiger partial charge in [-0.15, -0.1) is 0 Å². The number of rotatable bonds is 11. The Morgan fingerprint density at radius 2 is 1.80 bits per heavy atom. The lowest BCUT2D eigenvalue weighted by Gasteiger charge is -2.30. The molecular weight excluding hydrogens is 523 g/mol. The third-order valence-corrected chi connectivity index (χ3v) is 8.49. The number of ether oxygens (including phenoxy) is 2. The first-order chi connectivity index (χ1) is 19.8. The normalized spacial score (nSPS) is 20.9. The van der Waals surface area contributed by atoms with Gasteiger partial charge in [0, 0.05) is 17.7 Å². The first-order valence-electron chi connectivity index (χ1n) is 14.3. The first-order valence-corrected chi connectivity index (χ1v) is 14.3. The molecule has 2 aliphatic rings. The summed E-state index contributed by atoms with van der Waals surface area (Å²) in [7, 11) is 1.62. The largest absolute Gasteiger partial charge is 0.497 e. The van der Waals surface area contributed by atoms with Crippen molar-refractivity contribution in [1.29, 1.82) is 0 Å². The van der Waals surface area contributed by atoms with Gasteiger partial charge in [-0.1, -0.05) is 18.2 Å². The Hall–Kier alpha value is -3.94. The monoisotopic (exact) mass is 560 g/mol. The Kier molecular flexibility index (Phi) is 8.57. The minimum Gasteiger partial charge on any atom is -0.497 e. The summed E-state index contributed by atoms with van der Waals surface area (Å²) >= 11 is 0. The summed E-state index contributed by atoms with van der Waals surface area (Å²) in [5, 5.41) is 12.4. The van der Waals surface area contributed by atoms with Crippen LogP contribution in [-0.2, 0) is 4.79 Å². The highest BCUT2D eigenvalue weighted by molar-refractivity contribution is 6.05. The number of alkyl halides is 1. The number of carbonyl (C=O) groups is 2. The summed E-state index contributed by atoms with van der Waals surface area (Å²) in [5.41, 5.74) is -0.0511. The lowest BCUT2D eigenvalue weighted by molar-refractivity contribution is -0.151. The van der Waals surface area contributed by atoms with Crippen LogP contribution in [-0.4, -0.2) is 41.4 Å². The van der Waals surface area contributed by atoms with Crippen LogP contribution in [0.1, 0.15) is 78.8 Å². The van der Waals surface area contributed by atoms with Crippen LogP contribution in [0.25, 0.3) is 0 Å². The number of carboxylic acids is 1. The molecule has 0 bridgehead atoms. The zero-order valence-corrected chi connectivity index (χ0v) is 23.5. The molecule has 2 saturated carbocycles. The van der Waals surface area contributed by atoms with Crippen molar-refractivity contribution in [3.05, 3.63) is 83.6 Å². The molecule has 7 nitrogen and oxygen atoms in total. The van der Waals surface area contributed by atoms with E-state index in [9.17, 15) is 14.7 Å². The van der Waals surface area contributed by atoms with E-state index in [4.69, 9.17) is 9.47 Å². The summed E-state index contributed by atoms with van der Waals surface area (Å²) in [6.07, 6.45) is 7.02. The number of benzene rings is 2. The fraction of sp³-hybridized carbons (Fsp3) is 0.424. The van der Waals surface area contributed by atoms with E-state index in [-0.39, 0.29) is 17.7 Å². The average Bonchev–Trinajstić information content (AvgIpc) is 3.81. The van der Waals surface area contributed by atoms with Gasteiger partial charge >= 0.3 is 5.97 Å². The Labute approximate surface area is 240 Å². The van der Waals surface area contributed by atoms with Crippen LogP contribution in [0.2, 0.25) is 0 Å². The number of nitrogens with one attached hydrogen (secondary N) is 1. The second-order valence-electron chi connectivity index (χ2n) is 11.4. The van der Waals surface area contributed by atoms with Crippen LogP contribution in [0.5, 0.6) is 11.5 Å². The van der Waals surface area contributed by atoms with Crippen LogP contribution in [0.15, 0.2) is 66.9 Å². The van der Waals surface area contributed by atoms with Gasteiger partial charge in [0.15, 0.2) is 0 Å². The van der Waals surface area contributed by atoms with Gasteiger partial charge in [-0.2, -0.15) is 0 Å². The smallest absolute Gasteiger partial charge is 0.341 e. The maximum Gasteiger partial charge on any atom is 0.341 e. The van der Waals surface area contributed by atoms with E-state index in [0.29, 0.717) is 35.2 Å². The van der Waals surface area contributed by atoms with Gasteiger partial charge in [0.25, 0.3) is 5.91 Å². The van der Waals surface area contributed by atoms with Gasteiger partial charge in [0.05, 0.1) is 13.7 Å². The molecule has 1 aromatic heterocycles. The maximum atomic E-state index is 15.2. The zero-order chi connectivity index (χ0) is 29.0. The van der Waals surface area contributed by atoms with Gasteiger partial charge in [-0.25, -0.2) is 14.2 Å². The highest BCUT2D eigenvalue weighted by atomic mass is 19.1. The van der Waals surface area contributed by atoms with Crippen molar-refractivity contribution in [2.75, 3.05) is 19.0 Å². The Balaban J connectivity index is 1.22. The number of carbonyl (C=O) groups excluding carboxylic acids is 1. The highest BCUT2D eigenvalue weighted by Gasteiger charge is 2.50. The van der Waals surface area contributed by atoms with E-state index in [1.165, 1.54) is 6.92 Å². The Bertz CT molecular complexity index is 1370. The number of nitrogens with zero attached hydrogens (tertiary/aromatic N) is 1. The first kappa shape index (κ1) is 28.6. The van der Waals surface area contributed by atoms with Crippen LogP contribution < -0.4 is 14.8 Å². The van der Waals surface area contributed by atoms with Gasteiger partial charge in [0.2, 0.25) is 5.67 Å². The standard InChI is InChI=1S/C33H37FN2O5/c1-33(34,32(38)39)30(23-13-14-23)24-6-5-7-26(18-24)41-20-21-9-11-22(12-10-21)28-19-25(40-2)15-16-27(28)31(37)36-29-8-3-4-17-35-29/h3-8,15-19,21-23,30H,9-14,20H2,1-2H3,(H,38,39)(H,35,36,37)/t21?,22?,30-,33?/m0/s1. The molecule has 1 heterocycles. The van der Waals surface area contributed by atoms with E-state index in [0.717, 1.165) is 49.8 Å². The molecule has 216 valence electrons. The zero-order valence-electron chi connectivity index (χ0n) is 23.5. The summed E-state index contributed by atoms with van der Waals surface area (Å²) < 4.78 is 26.8. The number of aromatic nitrogens is 1. The number of pyridine rings is 1. The van der Waals surface area contributed by atoms with Crippen molar-refractivity contribution in [3.63, 3.8) is 0 Å². The molecular formula is C33H37FN2O5. The lowest BCUT2D eigenvalue weighted by Crippen LogP contribution is -2.38. The molecule has 1 amide bonds. The third-order valence-electron chi connectivity index (χ3n) is 8.49. The van der Waals surface area contributed by atoms with E-state index in [2.05, 4.69) is 10.3 Å². The van der Waals surface area contributed by atoms with Gasteiger partial charge in [-0.3, -0.25) is 4.79 Å². The number of methoxy groups -OCH3 is 1. The SMILES string of the molecule is COc1ccc(C(=O)Nc2ccccn2)c(C2CCC(COc3cccc([C@H](C4CC4)C(C)(F)C(=O)O)c3)CC2)c1. The van der Waals surface area contributed by atoms with E-state index in [1.807, 2.05) is 30.3 Å². The quantitative estimate of drug-likeness (QED) is 0.262. The Morgan fingerprint density at radius 3 is 2.46 bits per heavy atom. The molecule has 0 aliphatic heterocycles. The van der Waals surface area contributed by atoms with Crippen molar-refractivity contribution in [2.45, 2.75) is 63.0 Å². The van der Waals surface area contributed by atoms with Crippen molar-refractivity contribution in [2.24, 2.45) is 11.8 Å². The topological polar surface area (TPSA) is 97.8 Å². The molecule has 3 aromatic rings. The summed E-state index contributed by atoms with van der Waals surface area (Å²) in [5.74, 6) is 0.156. The Morgan fingerprint density at radius 1 is 1.02 bits per heavy atom. The van der Waals surface area contributed by atoms with Gasteiger partial charge in [-0.05, 0) is 117 Å². The van der Waals surface area contributed by atoms with E-state index >= 15 is 4.39 Å². The molecule has 2 atom stereocenters. The summed E-state index contributed by atoms with van der Waals surface area (Å²) in [6.45, 7) is 1.70. The second-order valence-corrected chi connectivity index (χ2v) is 11.4. The van der Waals surface area contributed by atoms with Crippen molar-refractivity contribution < 1.29 is 28.6 Å². The van der Waals surface area contributed by atoms with Crippen molar-refractivity contribution >= 4 is 17.7 Å². The van der Waals surface area contributed by atoms with Gasteiger partial charge in [0.1, 0.15) is 17.3 Å². The van der Waals surface area contributed by atoms with Gasteiger partial charge < -0.3 is 19.9 Å². The molecule has 8 heteroatoms. The van der Waals surface area contributed by atoms with Crippen LogP contribution in [0, 0.1) is 11.8 Å². The number of carboxylic acid groups (broad SMARTS) is 1. The number of anilines is 1. The minimum atomic E-state index is -2.33. The van der Waals surface area contributed by atoms with Crippen molar-refractivity contribution in [3.8, 4) is 11.5 Å². The molecule has 5 rings (SSSR count). The van der Waals surface area contributed by atoms with Crippen LogP contribution in [0.3, 0.4) is 0 Å². The molecule has 0 saturated heterocycles. The second kappa shape index (κ2) is 12.3. The fourth-order valence-electron chi connectivity index (χ4n) is 6.08. The number of aliphatic carboxylic acids is 1. The number of halogens is 1. The molecule has 2 aromatic carbocycles. The number of hydrogen-bond acceptors (Lipinski definition) is 5. The van der Waals surface area contributed by atoms with Crippen molar-refractivity contribution in [1.82, 2.24) is 4.98 Å². The van der Waals surface area contributed by atoms with Crippen LogP contribution >= 0.6 is 0 Å². The van der Waals surface area contributed by atoms with Crippen LogP contribution in [0.4, 0.5) is 10.2 Å². The molecule has 2 N–H and O–H groups in total. The lowest BCUT2D eigenvalue weighted by atomic mass is 9.77.